The summed E-state index contributed by atoms with van der Waals surface area (Å²) in [5, 5.41) is 2.45. The zero-order chi connectivity index (χ0) is 31.7. The van der Waals surface area contributed by atoms with Gasteiger partial charge in [-0.15, -0.1) is 0 Å². The average molecular weight is 591 g/mol. The molecule has 0 aliphatic carbocycles. The normalized spacial score (nSPS) is 10.1. The van der Waals surface area contributed by atoms with Crippen molar-refractivity contribution in [3.05, 3.63) is 99.0 Å². The quantitative estimate of drug-likeness (QED) is 0.220. The first-order valence-electron chi connectivity index (χ1n) is 13.7. The molecular formula is C31H40F2N2O7. The molecule has 1 aromatic heterocycles. The lowest BCUT2D eigenvalue weighted by atomic mass is 10.1. The maximum absolute atomic E-state index is 14.1. The van der Waals surface area contributed by atoms with E-state index < -0.39 is 41.0 Å². The summed E-state index contributed by atoms with van der Waals surface area (Å²) in [5.41, 5.74) is -0.754. The Labute approximate surface area is 245 Å². The fourth-order valence-electron chi connectivity index (χ4n) is 3.56. The Hall–Kier alpha value is -4.09. The molecule has 9 nitrogen and oxygen atoms in total. The van der Waals surface area contributed by atoms with Crippen molar-refractivity contribution in [2.45, 2.75) is 60.6 Å². The van der Waals surface area contributed by atoms with Crippen LogP contribution < -0.4 is 15.5 Å². The summed E-state index contributed by atoms with van der Waals surface area (Å²) in [6.07, 6.45) is 0.308. The molecule has 3 aromatic rings. The lowest BCUT2D eigenvalue weighted by Gasteiger charge is -2.21. The van der Waals surface area contributed by atoms with Crippen LogP contribution in [0.4, 0.5) is 8.78 Å². The van der Waals surface area contributed by atoms with Crippen LogP contribution in [-0.2, 0) is 33.9 Å². The fourth-order valence-corrected chi connectivity index (χ4v) is 3.56. The van der Waals surface area contributed by atoms with Gasteiger partial charge >= 0.3 is 5.97 Å². The van der Waals surface area contributed by atoms with E-state index in [1.165, 1.54) is 24.9 Å². The van der Waals surface area contributed by atoms with Gasteiger partial charge in [-0.2, -0.15) is 0 Å². The van der Waals surface area contributed by atoms with Crippen LogP contribution in [0.3, 0.4) is 0 Å². The lowest BCUT2D eigenvalue weighted by molar-refractivity contribution is -0.111. The first kappa shape index (κ1) is 35.9. The number of rotatable bonds is 12. The molecule has 1 amide bonds. The minimum atomic E-state index is -0.872. The van der Waals surface area contributed by atoms with E-state index in [1.807, 2.05) is 33.8 Å². The Kier molecular flexibility index (Phi) is 16.3. The highest BCUT2D eigenvalue weighted by molar-refractivity contribution is 5.96. The number of carbonyl (C=O) groups excluding carboxylic acids is 2. The summed E-state index contributed by atoms with van der Waals surface area (Å²) in [6, 6.07) is 11.8. The molecule has 0 radical (unpaired) electrons. The molecule has 0 spiro atoms. The summed E-state index contributed by atoms with van der Waals surface area (Å²) < 4.78 is 50.0. The molecule has 2 aromatic carbocycles. The van der Waals surface area contributed by atoms with Crippen molar-refractivity contribution < 1.29 is 37.3 Å². The topological polar surface area (TPSA) is 105 Å². The van der Waals surface area contributed by atoms with Crippen LogP contribution in [0.15, 0.2) is 59.5 Å². The highest BCUT2D eigenvalue weighted by atomic mass is 19.1. The molecule has 0 unspecified atom stereocenters. The second-order valence-electron chi connectivity index (χ2n) is 8.02. The highest BCUT2D eigenvalue weighted by Gasteiger charge is 2.28. The summed E-state index contributed by atoms with van der Waals surface area (Å²) in [7, 11) is 2.77. The van der Waals surface area contributed by atoms with Crippen LogP contribution in [0.1, 0.15) is 66.6 Å². The van der Waals surface area contributed by atoms with Gasteiger partial charge in [-0.25, -0.2) is 13.6 Å². The number of halogens is 2. The van der Waals surface area contributed by atoms with Gasteiger partial charge in [0.2, 0.25) is 5.43 Å². The highest BCUT2D eigenvalue weighted by Crippen LogP contribution is 2.20. The number of aromatic nitrogens is 1. The van der Waals surface area contributed by atoms with Gasteiger partial charge in [0.1, 0.15) is 23.8 Å². The predicted octanol–water partition coefficient (Wildman–Crippen LogP) is 5.48. The van der Waals surface area contributed by atoms with Crippen molar-refractivity contribution in [2.75, 3.05) is 20.8 Å². The number of esters is 1. The standard InChI is InChI=1S/C27H28F2N2O7.2C2H6/c1-4-37-27(34)23-25(38-16-17-8-6-5-7-9-17)24(32)20(14-31(23)15-22(35-2)36-3)26(33)30-13-18-10-11-19(28)12-21(18)29;2*1-2/h5-12,14,22H,4,13,15-16H2,1-3H3,(H,30,33);2*1-2H3. The third-order valence-electron chi connectivity index (χ3n) is 5.50. The molecule has 0 bridgehead atoms. The van der Waals surface area contributed by atoms with E-state index in [0.717, 1.165) is 12.3 Å². The third-order valence-corrected chi connectivity index (χ3v) is 5.50. The average Bonchev–Trinajstić information content (AvgIpc) is 3.01. The first-order valence-corrected chi connectivity index (χ1v) is 13.7. The minimum Gasteiger partial charge on any atom is -0.482 e. The van der Waals surface area contributed by atoms with Crippen LogP contribution >= 0.6 is 0 Å². The number of ether oxygens (including phenoxy) is 4. The second-order valence-corrected chi connectivity index (χ2v) is 8.02. The second kappa shape index (κ2) is 19.1. The van der Waals surface area contributed by atoms with E-state index in [1.54, 1.807) is 31.2 Å². The number of hydrogen-bond acceptors (Lipinski definition) is 7. The number of pyridine rings is 1. The lowest BCUT2D eigenvalue weighted by Crippen LogP contribution is -2.34. The van der Waals surface area contributed by atoms with E-state index in [0.29, 0.717) is 11.6 Å². The zero-order valence-electron chi connectivity index (χ0n) is 25.2. The van der Waals surface area contributed by atoms with Crippen molar-refractivity contribution in [3.63, 3.8) is 0 Å². The van der Waals surface area contributed by atoms with E-state index >= 15 is 0 Å². The van der Waals surface area contributed by atoms with Crippen molar-refractivity contribution in [2.24, 2.45) is 0 Å². The Morgan fingerprint density at radius 2 is 1.62 bits per heavy atom. The van der Waals surface area contributed by atoms with Gasteiger partial charge in [0.05, 0.1) is 13.2 Å². The van der Waals surface area contributed by atoms with E-state index in [-0.39, 0.29) is 43.1 Å². The monoisotopic (exact) mass is 590 g/mol. The first-order chi connectivity index (χ1) is 20.3. The molecule has 3 rings (SSSR count). The molecule has 0 aliphatic rings. The van der Waals surface area contributed by atoms with Crippen LogP contribution in [0, 0.1) is 11.6 Å². The van der Waals surface area contributed by atoms with Crippen molar-refractivity contribution in [1.82, 2.24) is 9.88 Å². The SMILES string of the molecule is CC.CC.CCOC(=O)c1c(OCc2ccccc2)c(=O)c(C(=O)NCc2ccc(F)cc2F)cn1CC(OC)OC. The van der Waals surface area contributed by atoms with Crippen LogP contribution in [0.5, 0.6) is 5.75 Å². The summed E-state index contributed by atoms with van der Waals surface area (Å²) in [4.78, 5) is 39.5. The van der Waals surface area contributed by atoms with Crippen LogP contribution in [0.2, 0.25) is 0 Å². The predicted molar refractivity (Wildman–Crippen MR) is 155 cm³/mol. The molecule has 11 heteroatoms. The molecule has 0 aliphatic heterocycles. The van der Waals surface area contributed by atoms with Gasteiger partial charge in [-0.3, -0.25) is 9.59 Å². The zero-order valence-corrected chi connectivity index (χ0v) is 25.2. The molecule has 0 atom stereocenters. The maximum atomic E-state index is 14.1. The Morgan fingerprint density at radius 3 is 2.19 bits per heavy atom. The minimum absolute atomic E-state index is 0.0163. The molecule has 1 heterocycles. The number of hydrogen-bond donors (Lipinski definition) is 1. The Morgan fingerprint density at radius 1 is 0.976 bits per heavy atom. The number of amides is 1. The summed E-state index contributed by atoms with van der Waals surface area (Å²) >= 11 is 0. The Bertz CT molecular complexity index is 1330. The smallest absolute Gasteiger partial charge is 0.359 e. The largest absolute Gasteiger partial charge is 0.482 e. The van der Waals surface area contributed by atoms with Crippen molar-refractivity contribution in [3.8, 4) is 5.75 Å². The van der Waals surface area contributed by atoms with Crippen LogP contribution in [-0.4, -0.2) is 43.6 Å². The van der Waals surface area contributed by atoms with E-state index in [9.17, 15) is 23.2 Å². The molecular weight excluding hydrogens is 550 g/mol. The molecule has 0 fully saturated rings. The van der Waals surface area contributed by atoms with Gasteiger partial charge in [0.25, 0.3) is 5.91 Å². The fraction of sp³-hybridized carbons (Fsp3) is 0.387. The van der Waals surface area contributed by atoms with Crippen LogP contribution in [0.25, 0.3) is 0 Å². The van der Waals surface area contributed by atoms with Gasteiger partial charge in [-0.1, -0.05) is 64.1 Å². The molecule has 0 saturated carbocycles. The molecule has 230 valence electrons. The number of nitrogens with one attached hydrogen (secondary N) is 1. The van der Waals surface area contributed by atoms with Gasteiger partial charge in [0.15, 0.2) is 17.7 Å². The maximum Gasteiger partial charge on any atom is 0.359 e. The van der Waals surface area contributed by atoms with Gasteiger partial charge in [0, 0.05) is 38.6 Å². The number of carbonyl (C=O) groups is 2. The third kappa shape index (κ3) is 10.1. The summed E-state index contributed by atoms with van der Waals surface area (Å²) in [5.74, 6) is -3.73. The number of methoxy groups -OCH3 is 2. The van der Waals surface area contributed by atoms with Crippen molar-refractivity contribution in [1.29, 1.82) is 0 Å². The number of benzene rings is 2. The van der Waals surface area contributed by atoms with Crippen molar-refractivity contribution >= 4 is 11.9 Å². The summed E-state index contributed by atoms with van der Waals surface area (Å²) in [6.45, 7) is 9.13. The van der Waals surface area contributed by atoms with E-state index in [2.05, 4.69) is 5.32 Å². The molecule has 42 heavy (non-hydrogen) atoms. The molecule has 0 saturated heterocycles. The number of nitrogens with zero attached hydrogens (tertiary/aromatic N) is 1. The Balaban J connectivity index is 0.00000211. The van der Waals surface area contributed by atoms with Gasteiger partial charge in [-0.05, 0) is 18.6 Å². The molecule has 1 N–H and O–H groups in total. The van der Waals surface area contributed by atoms with Gasteiger partial charge < -0.3 is 28.8 Å². The van der Waals surface area contributed by atoms with E-state index in [4.69, 9.17) is 18.9 Å².